The topological polar surface area (TPSA) is 79.4 Å². The average molecular weight is 228 g/mol. The first-order chi connectivity index (χ1) is 8.29. The van der Waals surface area contributed by atoms with E-state index in [9.17, 15) is 0 Å². The molecular weight excluding hydrogens is 216 g/mol. The Bertz CT molecular complexity index is 539. The highest BCUT2D eigenvalue weighted by molar-refractivity contribution is 5.55. The van der Waals surface area contributed by atoms with Crippen molar-refractivity contribution in [3.05, 3.63) is 36.2 Å². The lowest BCUT2D eigenvalue weighted by atomic mass is 10.2. The number of hydrogen-bond donors (Lipinski definition) is 1. The Morgan fingerprint density at radius 2 is 2.41 bits per heavy atom. The minimum absolute atomic E-state index is 0.592. The van der Waals surface area contributed by atoms with Gasteiger partial charge >= 0.3 is 0 Å². The molecule has 0 bridgehead atoms. The van der Waals surface area contributed by atoms with Crippen molar-refractivity contribution in [2.24, 2.45) is 7.05 Å². The van der Waals surface area contributed by atoms with E-state index in [0.29, 0.717) is 18.5 Å². The van der Waals surface area contributed by atoms with Gasteiger partial charge in [-0.1, -0.05) is 0 Å². The van der Waals surface area contributed by atoms with Crippen LogP contribution in [-0.2, 0) is 13.5 Å². The molecule has 0 unspecified atom stereocenters. The van der Waals surface area contributed by atoms with E-state index < -0.39 is 0 Å². The van der Waals surface area contributed by atoms with E-state index in [1.54, 1.807) is 29.5 Å². The third-order valence-corrected chi connectivity index (χ3v) is 2.25. The summed E-state index contributed by atoms with van der Waals surface area (Å²) in [6.45, 7) is 0.671. The third-order valence-electron chi connectivity index (χ3n) is 2.25. The fourth-order valence-electron chi connectivity index (χ4n) is 1.44. The van der Waals surface area contributed by atoms with Gasteiger partial charge < -0.3 is 5.32 Å². The summed E-state index contributed by atoms with van der Waals surface area (Å²) in [7, 11) is 1.83. The minimum Gasteiger partial charge on any atom is -0.382 e. The lowest BCUT2D eigenvalue weighted by molar-refractivity contribution is 0.742. The molecule has 0 radical (unpaired) electrons. The largest absolute Gasteiger partial charge is 0.382 e. The van der Waals surface area contributed by atoms with E-state index in [-0.39, 0.29) is 0 Å². The summed E-state index contributed by atoms with van der Waals surface area (Å²) in [5, 5.41) is 16.2. The number of aromatic nitrogens is 4. The molecule has 86 valence electrons. The SMILES string of the molecule is Cn1cnc(CCNc2cnccc2C#N)n1. The molecule has 6 nitrogen and oxygen atoms in total. The quantitative estimate of drug-likeness (QED) is 0.834. The molecule has 0 aliphatic heterocycles. The van der Waals surface area contributed by atoms with Crippen LogP contribution >= 0.6 is 0 Å². The zero-order valence-electron chi connectivity index (χ0n) is 9.46. The van der Waals surface area contributed by atoms with Gasteiger partial charge in [-0.15, -0.1) is 0 Å². The lowest BCUT2D eigenvalue weighted by Gasteiger charge is -2.05. The fourth-order valence-corrected chi connectivity index (χ4v) is 1.44. The Kier molecular flexibility index (Phi) is 3.31. The zero-order valence-corrected chi connectivity index (χ0v) is 9.46. The number of pyridine rings is 1. The molecular formula is C11H12N6. The molecule has 0 saturated heterocycles. The van der Waals surface area contributed by atoms with Crippen LogP contribution < -0.4 is 5.32 Å². The molecule has 0 aliphatic carbocycles. The summed E-state index contributed by atoms with van der Waals surface area (Å²) >= 11 is 0. The molecule has 0 fully saturated rings. The smallest absolute Gasteiger partial charge is 0.152 e. The molecule has 0 saturated carbocycles. The summed E-state index contributed by atoms with van der Waals surface area (Å²) < 4.78 is 1.67. The molecule has 1 N–H and O–H groups in total. The van der Waals surface area contributed by atoms with Crippen molar-refractivity contribution < 1.29 is 0 Å². The van der Waals surface area contributed by atoms with Gasteiger partial charge in [0, 0.05) is 26.2 Å². The van der Waals surface area contributed by atoms with Gasteiger partial charge in [0.2, 0.25) is 0 Å². The van der Waals surface area contributed by atoms with Gasteiger partial charge in [-0.2, -0.15) is 10.4 Å². The minimum atomic E-state index is 0.592. The molecule has 2 aromatic heterocycles. The van der Waals surface area contributed by atoms with Crippen molar-refractivity contribution in [3.8, 4) is 6.07 Å². The number of rotatable bonds is 4. The Labute approximate surface area is 98.9 Å². The van der Waals surface area contributed by atoms with Gasteiger partial charge in [-0.3, -0.25) is 9.67 Å². The monoisotopic (exact) mass is 228 g/mol. The van der Waals surface area contributed by atoms with Crippen LogP contribution in [0, 0.1) is 11.3 Å². The summed E-state index contributed by atoms with van der Waals surface area (Å²) in [5.74, 6) is 0.780. The van der Waals surface area contributed by atoms with Crippen LogP contribution in [0.1, 0.15) is 11.4 Å². The second kappa shape index (κ2) is 5.07. The molecule has 0 amide bonds. The normalized spacial score (nSPS) is 9.88. The van der Waals surface area contributed by atoms with Crippen molar-refractivity contribution in [1.82, 2.24) is 19.7 Å². The number of nitriles is 1. The highest BCUT2D eigenvalue weighted by atomic mass is 15.3. The average Bonchev–Trinajstić information content (AvgIpc) is 2.76. The van der Waals surface area contributed by atoms with Crippen molar-refractivity contribution in [1.29, 1.82) is 5.26 Å². The maximum absolute atomic E-state index is 8.89. The lowest BCUT2D eigenvalue weighted by Crippen LogP contribution is -2.07. The fraction of sp³-hybridized carbons (Fsp3) is 0.273. The molecule has 0 aliphatic rings. The standard InChI is InChI=1S/C11H12N6/c1-17-8-15-11(16-17)3-5-14-10-7-13-4-2-9(10)6-12/h2,4,7-8,14H,3,5H2,1H3. The van der Waals surface area contributed by atoms with E-state index in [4.69, 9.17) is 5.26 Å². The predicted molar refractivity (Wildman–Crippen MR) is 62.1 cm³/mol. The van der Waals surface area contributed by atoms with Gasteiger partial charge in [0.25, 0.3) is 0 Å². The molecule has 0 atom stereocenters. The zero-order chi connectivity index (χ0) is 12.1. The maximum Gasteiger partial charge on any atom is 0.152 e. The Morgan fingerprint density at radius 1 is 1.53 bits per heavy atom. The van der Waals surface area contributed by atoms with Gasteiger partial charge in [0.1, 0.15) is 12.4 Å². The number of hydrogen-bond acceptors (Lipinski definition) is 5. The van der Waals surface area contributed by atoms with Crippen LogP contribution in [0.4, 0.5) is 5.69 Å². The van der Waals surface area contributed by atoms with Crippen LogP contribution in [0.2, 0.25) is 0 Å². The first kappa shape index (κ1) is 11.1. The molecule has 17 heavy (non-hydrogen) atoms. The highest BCUT2D eigenvalue weighted by Crippen LogP contribution is 2.11. The van der Waals surface area contributed by atoms with Crippen molar-refractivity contribution >= 4 is 5.69 Å². The number of anilines is 1. The Hall–Kier alpha value is -2.42. The summed E-state index contributed by atoms with van der Waals surface area (Å²) in [6, 6.07) is 3.79. The predicted octanol–water partition coefficient (Wildman–Crippen LogP) is 0.736. The van der Waals surface area contributed by atoms with Crippen molar-refractivity contribution in [3.63, 3.8) is 0 Å². The maximum atomic E-state index is 8.89. The first-order valence-corrected chi connectivity index (χ1v) is 5.22. The van der Waals surface area contributed by atoms with E-state index in [0.717, 1.165) is 11.5 Å². The van der Waals surface area contributed by atoms with Crippen LogP contribution in [0.5, 0.6) is 0 Å². The summed E-state index contributed by atoms with van der Waals surface area (Å²) in [4.78, 5) is 8.09. The number of nitrogens with one attached hydrogen (secondary N) is 1. The molecule has 0 aromatic carbocycles. The van der Waals surface area contributed by atoms with Gasteiger partial charge in [0.15, 0.2) is 5.82 Å². The molecule has 2 heterocycles. The van der Waals surface area contributed by atoms with Gasteiger partial charge in [-0.05, 0) is 6.07 Å². The summed E-state index contributed by atoms with van der Waals surface area (Å²) in [5.41, 5.74) is 1.33. The molecule has 0 spiro atoms. The third kappa shape index (κ3) is 2.78. The summed E-state index contributed by atoms with van der Waals surface area (Å²) in [6.07, 6.45) is 5.62. The number of nitrogens with zero attached hydrogens (tertiary/aromatic N) is 5. The van der Waals surface area contributed by atoms with Crippen LogP contribution in [0.25, 0.3) is 0 Å². The van der Waals surface area contributed by atoms with Crippen LogP contribution in [0.3, 0.4) is 0 Å². The van der Waals surface area contributed by atoms with E-state index in [1.165, 1.54) is 0 Å². The van der Waals surface area contributed by atoms with Crippen LogP contribution in [0.15, 0.2) is 24.8 Å². The number of aryl methyl sites for hydroxylation is 1. The van der Waals surface area contributed by atoms with Crippen molar-refractivity contribution in [2.45, 2.75) is 6.42 Å². The van der Waals surface area contributed by atoms with E-state index >= 15 is 0 Å². The molecule has 2 aromatic rings. The molecule has 2 rings (SSSR count). The van der Waals surface area contributed by atoms with E-state index in [2.05, 4.69) is 26.5 Å². The van der Waals surface area contributed by atoms with Crippen LogP contribution in [-0.4, -0.2) is 26.3 Å². The molecule has 6 heteroatoms. The van der Waals surface area contributed by atoms with Gasteiger partial charge in [0.05, 0.1) is 17.4 Å². The Balaban J connectivity index is 1.92. The van der Waals surface area contributed by atoms with Crippen molar-refractivity contribution in [2.75, 3.05) is 11.9 Å². The second-order valence-corrected chi connectivity index (χ2v) is 3.54. The Morgan fingerprint density at radius 3 is 3.12 bits per heavy atom. The second-order valence-electron chi connectivity index (χ2n) is 3.54. The van der Waals surface area contributed by atoms with Gasteiger partial charge in [-0.25, -0.2) is 4.98 Å². The van der Waals surface area contributed by atoms with E-state index in [1.807, 2.05) is 7.05 Å². The highest BCUT2D eigenvalue weighted by Gasteiger charge is 2.02. The first-order valence-electron chi connectivity index (χ1n) is 5.22.